The van der Waals surface area contributed by atoms with E-state index in [9.17, 15) is 22.4 Å². The van der Waals surface area contributed by atoms with E-state index in [0.717, 1.165) is 12.1 Å². The summed E-state index contributed by atoms with van der Waals surface area (Å²) in [6, 6.07) is 6.47. The van der Waals surface area contributed by atoms with Gasteiger partial charge in [-0.1, -0.05) is 0 Å². The van der Waals surface area contributed by atoms with E-state index in [0.29, 0.717) is 12.1 Å². The monoisotopic (exact) mass is 418 g/mol. The highest BCUT2D eigenvalue weighted by Gasteiger charge is 2.19. The van der Waals surface area contributed by atoms with Crippen LogP contribution in [-0.2, 0) is 13.2 Å². The standard InChI is InChI=1S/C20H14F4N4O2/c21-11-4-3-10(12(22)6-11)9-30-19-14(24)7-13(23)17-18(19)27-16(26-17)8-28-5-1-2-15(25)20(28)29/h1-7H,8-9,25H2,(H,26,27). The molecule has 6 nitrogen and oxygen atoms in total. The first-order valence-corrected chi connectivity index (χ1v) is 8.71. The Morgan fingerprint density at radius 1 is 1.07 bits per heavy atom. The SMILES string of the molecule is Nc1cccn(Cc2nc3c(OCc4ccc(F)cc4F)c(F)cc(F)c3[nH]2)c1=O. The molecule has 0 aliphatic heterocycles. The maximum atomic E-state index is 14.4. The molecule has 3 N–H and O–H groups in total. The third kappa shape index (κ3) is 3.59. The highest BCUT2D eigenvalue weighted by Crippen LogP contribution is 2.30. The van der Waals surface area contributed by atoms with Crippen molar-refractivity contribution in [1.29, 1.82) is 0 Å². The summed E-state index contributed by atoms with van der Waals surface area (Å²) in [5.74, 6) is -3.83. The molecule has 0 bridgehead atoms. The van der Waals surface area contributed by atoms with Crippen LogP contribution >= 0.6 is 0 Å². The molecule has 154 valence electrons. The van der Waals surface area contributed by atoms with E-state index in [-0.39, 0.29) is 34.7 Å². The Labute approximate surface area is 166 Å². The quantitative estimate of drug-likeness (QED) is 0.486. The smallest absolute Gasteiger partial charge is 0.274 e. The molecule has 0 aliphatic rings. The lowest BCUT2D eigenvalue weighted by Gasteiger charge is -2.09. The van der Waals surface area contributed by atoms with Crippen LogP contribution < -0.4 is 16.0 Å². The minimum absolute atomic E-state index is 0.0182. The zero-order valence-electron chi connectivity index (χ0n) is 15.3. The van der Waals surface area contributed by atoms with Crippen molar-refractivity contribution in [2.45, 2.75) is 13.2 Å². The number of benzene rings is 2. The molecule has 0 spiro atoms. The summed E-state index contributed by atoms with van der Waals surface area (Å²) in [5, 5.41) is 0. The average molecular weight is 418 g/mol. The number of aromatic nitrogens is 3. The van der Waals surface area contributed by atoms with Crippen molar-refractivity contribution in [2.75, 3.05) is 5.73 Å². The predicted molar refractivity (Wildman–Crippen MR) is 101 cm³/mol. The number of ether oxygens (including phenoxy) is 1. The second kappa shape index (κ2) is 7.54. The number of fused-ring (bicyclic) bond motifs is 1. The number of rotatable bonds is 5. The Bertz CT molecular complexity index is 1320. The summed E-state index contributed by atoms with van der Waals surface area (Å²) >= 11 is 0. The molecular formula is C20H14F4N4O2. The van der Waals surface area contributed by atoms with Crippen LogP contribution in [0, 0.1) is 23.3 Å². The number of anilines is 1. The second-order valence-corrected chi connectivity index (χ2v) is 6.50. The number of nitrogens with one attached hydrogen (secondary N) is 1. The molecule has 0 atom stereocenters. The maximum absolute atomic E-state index is 14.4. The third-order valence-electron chi connectivity index (χ3n) is 4.43. The van der Waals surface area contributed by atoms with Gasteiger partial charge >= 0.3 is 0 Å². The normalized spacial score (nSPS) is 11.2. The Hall–Kier alpha value is -3.82. The van der Waals surface area contributed by atoms with Gasteiger partial charge in [-0.3, -0.25) is 4.79 Å². The van der Waals surface area contributed by atoms with Crippen molar-refractivity contribution in [3.8, 4) is 5.75 Å². The molecule has 2 aromatic carbocycles. The molecule has 0 saturated carbocycles. The Morgan fingerprint density at radius 3 is 2.63 bits per heavy atom. The van der Waals surface area contributed by atoms with Crippen molar-refractivity contribution in [3.63, 3.8) is 0 Å². The molecule has 2 aromatic heterocycles. The van der Waals surface area contributed by atoms with Crippen molar-refractivity contribution >= 4 is 16.7 Å². The first kappa shape index (κ1) is 19.5. The molecule has 10 heteroatoms. The average Bonchev–Trinajstić information content (AvgIpc) is 3.11. The molecule has 0 unspecified atom stereocenters. The maximum Gasteiger partial charge on any atom is 0.274 e. The molecule has 0 aliphatic carbocycles. The predicted octanol–water partition coefficient (Wildman–Crippen LogP) is 3.49. The van der Waals surface area contributed by atoms with Crippen LogP contribution in [0.5, 0.6) is 5.75 Å². The second-order valence-electron chi connectivity index (χ2n) is 6.50. The van der Waals surface area contributed by atoms with Crippen LogP contribution in [0.15, 0.2) is 47.4 Å². The van der Waals surface area contributed by atoms with Gasteiger partial charge in [0.25, 0.3) is 5.56 Å². The third-order valence-corrected chi connectivity index (χ3v) is 4.43. The van der Waals surface area contributed by atoms with Crippen LogP contribution in [0.1, 0.15) is 11.4 Å². The van der Waals surface area contributed by atoms with Crippen LogP contribution in [-0.4, -0.2) is 14.5 Å². The Morgan fingerprint density at radius 2 is 1.87 bits per heavy atom. The van der Waals surface area contributed by atoms with Gasteiger partial charge in [0, 0.05) is 23.9 Å². The molecule has 4 rings (SSSR count). The van der Waals surface area contributed by atoms with Crippen LogP contribution in [0.25, 0.3) is 11.0 Å². The van der Waals surface area contributed by atoms with Gasteiger partial charge in [-0.2, -0.15) is 0 Å². The minimum atomic E-state index is -1.04. The number of aromatic amines is 1. The van der Waals surface area contributed by atoms with Gasteiger partial charge in [0.2, 0.25) is 0 Å². The number of imidazole rings is 1. The Balaban J connectivity index is 1.69. The van der Waals surface area contributed by atoms with Gasteiger partial charge in [-0.25, -0.2) is 22.5 Å². The van der Waals surface area contributed by atoms with Crippen LogP contribution in [0.2, 0.25) is 0 Å². The molecule has 0 saturated heterocycles. The fraction of sp³-hybridized carbons (Fsp3) is 0.100. The number of nitrogen functional groups attached to an aromatic ring is 1. The molecule has 30 heavy (non-hydrogen) atoms. The van der Waals surface area contributed by atoms with Gasteiger partial charge in [-0.15, -0.1) is 0 Å². The van der Waals surface area contributed by atoms with E-state index < -0.39 is 41.2 Å². The number of hydrogen-bond donors (Lipinski definition) is 2. The van der Waals surface area contributed by atoms with Crippen molar-refractivity contribution in [1.82, 2.24) is 14.5 Å². The van der Waals surface area contributed by atoms with Gasteiger partial charge in [0.15, 0.2) is 17.4 Å². The first-order valence-electron chi connectivity index (χ1n) is 8.71. The number of hydrogen-bond acceptors (Lipinski definition) is 4. The number of H-pyrrole nitrogens is 1. The van der Waals surface area contributed by atoms with Crippen LogP contribution in [0.4, 0.5) is 23.2 Å². The highest BCUT2D eigenvalue weighted by atomic mass is 19.1. The summed E-state index contributed by atoms with van der Waals surface area (Å²) in [4.78, 5) is 18.9. The molecule has 0 radical (unpaired) electrons. The summed E-state index contributed by atoms with van der Waals surface area (Å²) in [6.07, 6.45) is 1.47. The minimum Gasteiger partial charge on any atom is -0.483 e. The Kier molecular flexibility index (Phi) is 4.90. The summed E-state index contributed by atoms with van der Waals surface area (Å²) in [5.41, 5.74) is 4.82. The lowest BCUT2D eigenvalue weighted by Crippen LogP contribution is -2.22. The van der Waals surface area contributed by atoms with Gasteiger partial charge < -0.3 is 20.0 Å². The van der Waals surface area contributed by atoms with Crippen LogP contribution in [0.3, 0.4) is 0 Å². The van der Waals surface area contributed by atoms with Gasteiger partial charge in [0.05, 0.1) is 12.2 Å². The summed E-state index contributed by atoms with van der Waals surface area (Å²) in [7, 11) is 0. The number of pyridine rings is 1. The van der Waals surface area contributed by atoms with E-state index in [4.69, 9.17) is 10.5 Å². The lowest BCUT2D eigenvalue weighted by molar-refractivity contribution is 0.287. The topological polar surface area (TPSA) is 85.9 Å². The summed E-state index contributed by atoms with van der Waals surface area (Å²) in [6.45, 7) is -0.508. The van der Waals surface area contributed by atoms with E-state index >= 15 is 0 Å². The van der Waals surface area contributed by atoms with E-state index in [1.165, 1.54) is 16.8 Å². The van der Waals surface area contributed by atoms with Gasteiger partial charge in [0.1, 0.15) is 35.1 Å². The fourth-order valence-electron chi connectivity index (χ4n) is 2.96. The largest absolute Gasteiger partial charge is 0.483 e. The zero-order chi connectivity index (χ0) is 21.4. The zero-order valence-corrected chi connectivity index (χ0v) is 15.3. The lowest BCUT2D eigenvalue weighted by atomic mass is 10.2. The van der Waals surface area contributed by atoms with E-state index in [2.05, 4.69) is 9.97 Å². The first-order chi connectivity index (χ1) is 14.3. The summed E-state index contributed by atoms with van der Waals surface area (Å²) < 4.78 is 62.0. The van der Waals surface area contributed by atoms with E-state index in [1.54, 1.807) is 6.07 Å². The number of halogens is 4. The van der Waals surface area contributed by atoms with E-state index in [1.807, 2.05) is 0 Å². The molecular weight excluding hydrogens is 404 g/mol. The van der Waals surface area contributed by atoms with Gasteiger partial charge in [-0.05, 0) is 24.3 Å². The fourth-order valence-corrected chi connectivity index (χ4v) is 2.96. The molecule has 2 heterocycles. The van der Waals surface area contributed by atoms with Crippen molar-refractivity contribution in [3.05, 3.63) is 87.6 Å². The number of nitrogens with zero attached hydrogens (tertiary/aromatic N) is 2. The van der Waals surface area contributed by atoms with Crippen molar-refractivity contribution < 1.29 is 22.3 Å². The highest BCUT2D eigenvalue weighted by molar-refractivity contribution is 5.82. The molecule has 0 amide bonds. The molecule has 0 fully saturated rings. The number of nitrogens with two attached hydrogens (primary N) is 1. The van der Waals surface area contributed by atoms with Crippen molar-refractivity contribution in [2.24, 2.45) is 0 Å². The molecule has 4 aromatic rings.